The SMILES string of the molecule is O[C@H](COCc1ccccc1)[C@@H](OCc1ccccc1)[C@H](OCc1ccccc1)c1cnc(-c2ccc(Cl)cc2)nc1. The van der Waals surface area contributed by atoms with Crippen LogP contribution < -0.4 is 0 Å². The Bertz CT molecular complexity index is 1470. The summed E-state index contributed by atoms with van der Waals surface area (Å²) in [5.41, 5.74) is 4.53. The van der Waals surface area contributed by atoms with E-state index in [1.165, 1.54) is 0 Å². The van der Waals surface area contributed by atoms with Crippen molar-refractivity contribution < 1.29 is 19.3 Å². The van der Waals surface area contributed by atoms with Gasteiger partial charge in [0, 0.05) is 28.5 Å². The minimum absolute atomic E-state index is 0.0588. The van der Waals surface area contributed by atoms with Crippen molar-refractivity contribution in [3.63, 3.8) is 0 Å². The summed E-state index contributed by atoms with van der Waals surface area (Å²) in [6.45, 7) is 1.03. The smallest absolute Gasteiger partial charge is 0.159 e. The highest BCUT2D eigenvalue weighted by molar-refractivity contribution is 6.30. The number of hydrogen-bond donors (Lipinski definition) is 1. The van der Waals surface area contributed by atoms with Crippen LogP contribution in [0.3, 0.4) is 0 Å². The first-order valence-electron chi connectivity index (χ1n) is 13.8. The molecule has 0 bridgehead atoms. The highest BCUT2D eigenvalue weighted by Gasteiger charge is 2.33. The van der Waals surface area contributed by atoms with Crippen LogP contribution in [0.4, 0.5) is 0 Å². The summed E-state index contributed by atoms with van der Waals surface area (Å²) in [5, 5.41) is 12.1. The van der Waals surface area contributed by atoms with E-state index in [2.05, 4.69) is 9.97 Å². The molecule has 0 radical (unpaired) electrons. The molecule has 1 aromatic heterocycles. The number of benzene rings is 4. The van der Waals surface area contributed by atoms with Crippen molar-refractivity contribution in [1.82, 2.24) is 9.97 Å². The molecule has 0 saturated carbocycles. The van der Waals surface area contributed by atoms with E-state index in [1.807, 2.05) is 103 Å². The number of aliphatic hydroxyl groups is 1. The summed E-state index contributed by atoms with van der Waals surface area (Å²) < 4.78 is 18.8. The van der Waals surface area contributed by atoms with Gasteiger partial charge in [-0.3, -0.25) is 0 Å². The third-order valence-electron chi connectivity index (χ3n) is 6.74. The number of hydrogen-bond acceptors (Lipinski definition) is 6. The van der Waals surface area contributed by atoms with Gasteiger partial charge in [-0.05, 0) is 41.0 Å². The van der Waals surface area contributed by atoms with Gasteiger partial charge in [0.15, 0.2) is 5.82 Å². The van der Waals surface area contributed by atoms with E-state index in [0.717, 1.165) is 22.3 Å². The molecule has 0 fully saturated rings. The zero-order valence-corrected chi connectivity index (χ0v) is 23.9. The molecule has 1 N–H and O–H groups in total. The summed E-state index contributed by atoms with van der Waals surface area (Å²) in [4.78, 5) is 9.23. The fourth-order valence-electron chi connectivity index (χ4n) is 4.51. The Hall–Kier alpha value is -3.91. The van der Waals surface area contributed by atoms with Crippen LogP contribution in [0.5, 0.6) is 0 Å². The predicted octanol–water partition coefficient (Wildman–Crippen LogP) is 7.22. The van der Waals surface area contributed by atoms with Gasteiger partial charge in [-0.15, -0.1) is 0 Å². The molecule has 214 valence electrons. The van der Waals surface area contributed by atoms with Crippen LogP contribution in [0.1, 0.15) is 28.4 Å². The first-order valence-corrected chi connectivity index (χ1v) is 14.2. The molecular weight excluding hydrogens is 548 g/mol. The average molecular weight is 581 g/mol. The number of rotatable bonds is 14. The van der Waals surface area contributed by atoms with Crippen LogP contribution in [-0.4, -0.2) is 33.9 Å². The van der Waals surface area contributed by atoms with Crippen LogP contribution in [0, 0.1) is 0 Å². The van der Waals surface area contributed by atoms with Gasteiger partial charge in [0.2, 0.25) is 0 Å². The molecule has 0 amide bonds. The van der Waals surface area contributed by atoms with Crippen LogP contribution in [0.2, 0.25) is 5.02 Å². The van der Waals surface area contributed by atoms with Gasteiger partial charge in [-0.25, -0.2) is 9.97 Å². The quantitative estimate of drug-likeness (QED) is 0.149. The van der Waals surface area contributed by atoms with Crippen molar-refractivity contribution in [2.24, 2.45) is 0 Å². The normalized spacial score (nSPS) is 13.4. The van der Waals surface area contributed by atoms with E-state index in [1.54, 1.807) is 24.5 Å². The molecule has 7 heteroatoms. The molecule has 3 atom stereocenters. The van der Waals surface area contributed by atoms with Crippen LogP contribution in [0.15, 0.2) is 128 Å². The molecule has 0 aliphatic heterocycles. The Morgan fingerprint density at radius 2 is 1.12 bits per heavy atom. The Labute approximate surface area is 251 Å². The van der Waals surface area contributed by atoms with E-state index in [9.17, 15) is 5.11 Å². The number of nitrogens with zero attached hydrogens (tertiary/aromatic N) is 2. The lowest BCUT2D eigenvalue weighted by Crippen LogP contribution is -2.39. The summed E-state index contributed by atoms with van der Waals surface area (Å²) in [5.74, 6) is 0.561. The fourth-order valence-corrected chi connectivity index (χ4v) is 4.63. The van der Waals surface area contributed by atoms with Crippen molar-refractivity contribution in [2.45, 2.75) is 38.1 Å². The van der Waals surface area contributed by atoms with Crippen LogP contribution in [0.25, 0.3) is 11.4 Å². The maximum Gasteiger partial charge on any atom is 0.159 e. The minimum atomic E-state index is -0.992. The molecule has 0 saturated heterocycles. The van der Waals surface area contributed by atoms with Gasteiger partial charge in [0.1, 0.15) is 18.3 Å². The average Bonchev–Trinajstić information content (AvgIpc) is 3.04. The zero-order valence-electron chi connectivity index (χ0n) is 23.1. The lowest BCUT2D eigenvalue weighted by Gasteiger charge is -2.31. The molecule has 0 aliphatic carbocycles. The lowest BCUT2D eigenvalue weighted by molar-refractivity contribution is -0.150. The standard InChI is InChI=1S/C35H33ClN2O4/c36-31-18-16-29(17-19-31)35-37-20-30(21-38-35)33(41-23-27-12-6-2-7-13-27)34(42-24-28-14-8-3-9-15-28)32(39)25-40-22-26-10-4-1-5-11-26/h1-21,32-34,39H,22-25H2/t32-,33-,34-/m1/s1. The second kappa shape index (κ2) is 15.4. The van der Waals surface area contributed by atoms with Crippen LogP contribution >= 0.6 is 11.6 Å². The monoisotopic (exact) mass is 580 g/mol. The molecule has 1 heterocycles. The predicted molar refractivity (Wildman–Crippen MR) is 164 cm³/mol. The molecule has 0 unspecified atom stereocenters. The van der Waals surface area contributed by atoms with Gasteiger partial charge in [-0.1, -0.05) is 103 Å². The lowest BCUT2D eigenvalue weighted by atomic mass is 10.0. The minimum Gasteiger partial charge on any atom is -0.388 e. The van der Waals surface area contributed by atoms with Crippen molar-refractivity contribution in [3.05, 3.63) is 155 Å². The highest BCUT2D eigenvalue weighted by Crippen LogP contribution is 2.29. The first-order chi connectivity index (χ1) is 20.7. The Morgan fingerprint density at radius 1 is 0.619 bits per heavy atom. The molecular formula is C35H33ClN2O4. The van der Waals surface area contributed by atoms with Crippen molar-refractivity contribution in [3.8, 4) is 11.4 Å². The molecule has 42 heavy (non-hydrogen) atoms. The third kappa shape index (κ3) is 8.55. The van der Waals surface area contributed by atoms with Crippen LogP contribution in [-0.2, 0) is 34.0 Å². The molecule has 5 aromatic rings. The molecule has 6 nitrogen and oxygen atoms in total. The third-order valence-corrected chi connectivity index (χ3v) is 6.99. The fraction of sp³-hybridized carbons (Fsp3) is 0.200. The van der Waals surface area contributed by atoms with E-state index in [4.69, 9.17) is 25.8 Å². The largest absolute Gasteiger partial charge is 0.388 e. The number of aromatic nitrogens is 2. The topological polar surface area (TPSA) is 73.7 Å². The zero-order chi connectivity index (χ0) is 29.0. The number of aliphatic hydroxyl groups excluding tert-OH is 1. The number of halogens is 1. The second-order valence-corrected chi connectivity index (χ2v) is 10.3. The maximum atomic E-state index is 11.5. The van der Waals surface area contributed by atoms with Gasteiger partial charge < -0.3 is 19.3 Å². The number of ether oxygens (including phenoxy) is 3. The van der Waals surface area contributed by atoms with E-state index >= 15 is 0 Å². The van der Waals surface area contributed by atoms with Crippen molar-refractivity contribution in [1.29, 1.82) is 0 Å². The second-order valence-electron chi connectivity index (χ2n) is 9.89. The van der Waals surface area contributed by atoms with Gasteiger partial charge in [0.25, 0.3) is 0 Å². The van der Waals surface area contributed by atoms with Gasteiger partial charge >= 0.3 is 0 Å². The van der Waals surface area contributed by atoms with E-state index < -0.39 is 18.3 Å². The summed E-state index contributed by atoms with van der Waals surface area (Å²) in [7, 11) is 0. The summed E-state index contributed by atoms with van der Waals surface area (Å²) >= 11 is 6.06. The Kier molecular flexibility index (Phi) is 10.8. The van der Waals surface area contributed by atoms with Crippen molar-refractivity contribution >= 4 is 11.6 Å². The van der Waals surface area contributed by atoms with E-state index in [-0.39, 0.29) is 13.2 Å². The summed E-state index contributed by atoms with van der Waals surface area (Å²) in [6.07, 6.45) is 1.01. The van der Waals surface area contributed by atoms with Gasteiger partial charge in [0.05, 0.1) is 26.4 Å². The van der Waals surface area contributed by atoms with Gasteiger partial charge in [-0.2, -0.15) is 0 Å². The highest BCUT2D eigenvalue weighted by atomic mass is 35.5. The molecule has 0 aliphatic rings. The first kappa shape index (κ1) is 29.6. The summed E-state index contributed by atoms with van der Waals surface area (Å²) in [6, 6.07) is 36.9. The van der Waals surface area contributed by atoms with E-state index in [0.29, 0.717) is 29.6 Å². The Morgan fingerprint density at radius 3 is 1.67 bits per heavy atom. The van der Waals surface area contributed by atoms with Crippen molar-refractivity contribution in [2.75, 3.05) is 6.61 Å². The molecule has 4 aromatic carbocycles. The molecule has 0 spiro atoms. The maximum absolute atomic E-state index is 11.5. The Balaban J connectivity index is 1.40. The molecule has 5 rings (SSSR count).